The third-order valence-corrected chi connectivity index (χ3v) is 4.19. The molecule has 0 spiro atoms. The lowest BCUT2D eigenvalue weighted by atomic mass is 9.91. The molecule has 0 unspecified atom stereocenters. The summed E-state index contributed by atoms with van der Waals surface area (Å²) in [5.74, 6) is -0.409. The van der Waals surface area contributed by atoms with E-state index in [1.807, 2.05) is 37.3 Å². The number of benzene rings is 1. The predicted octanol–water partition coefficient (Wildman–Crippen LogP) is 1.91. The number of amides is 4. The van der Waals surface area contributed by atoms with Crippen molar-refractivity contribution in [1.29, 1.82) is 0 Å². The Bertz CT molecular complexity index is 593. The summed E-state index contributed by atoms with van der Waals surface area (Å²) in [5, 5.41) is 12.7. The molecule has 0 saturated carbocycles. The Hall–Kier alpha value is -2.41. The van der Waals surface area contributed by atoms with Crippen molar-refractivity contribution in [3.05, 3.63) is 35.9 Å². The fraction of sp³-hybridized carbons (Fsp3) is 0.471. The number of rotatable bonds is 9. The lowest BCUT2D eigenvalue weighted by Gasteiger charge is -2.28. The van der Waals surface area contributed by atoms with Crippen molar-refractivity contribution in [3.63, 3.8) is 0 Å². The average Bonchev–Trinajstić information content (AvgIpc) is 2.80. The molecule has 0 radical (unpaired) electrons. The van der Waals surface area contributed by atoms with E-state index in [9.17, 15) is 19.6 Å². The molecule has 2 N–H and O–H groups in total. The minimum atomic E-state index is -1.27. The molecule has 1 fully saturated rings. The smallest absolute Gasteiger partial charge is 0.321 e. The average molecular weight is 333 g/mol. The highest BCUT2D eigenvalue weighted by Crippen LogP contribution is 2.26. The number of unbranched alkanes of at least 4 members (excludes halogenated alkanes) is 2. The van der Waals surface area contributed by atoms with Crippen LogP contribution in [0, 0.1) is 0 Å². The van der Waals surface area contributed by atoms with Crippen LogP contribution in [0.3, 0.4) is 0 Å². The monoisotopic (exact) mass is 333 g/mol. The van der Waals surface area contributed by atoms with E-state index in [0.717, 1.165) is 23.3 Å². The molecular formula is C17H23N3O4. The number of hydrogen-bond donors (Lipinski definition) is 2. The van der Waals surface area contributed by atoms with Gasteiger partial charge < -0.3 is 5.32 Å². The molecule has 7 heteroatoms. The second kappa shape index (κ2) is 7.92. The maximum Gasteiger partial charge on any atom is 0.325 e. The van der Waals surface area contributed by atoms with Crippen LogP contribution in [0.4, 0.5) is 4.79 Å². The number of hydrogen-bond acceptors (Lipinski definition) is 4. The number of carbonyl (C=O) groups is 3. The van der Waals surface area contributed by atoms with Crippen LogP contribution in [-0.2, 0) is 16.1 Å². The van der Waals surface area contributed by atoms with Crippen LogP contribution in [0.1, 0.15) is 38.2 Å². The highest BCUT2D eigenvalue weighted by molar-refractivity contribution is 6.07. The first kappa shape index (κ1) is 17.9. The van der Waals surface area contributed by atoms with Gasteiger partial charge in [0.25, 0.3) is 5.91 Å². The lowest BCUT2D eigenvalue weighted by molar-refractivity contribution is -0.157. The van der Waals surface area contributed by atoms with E-state index in [2.05, 4.69) is 5.32 Å². The van der Waals surface area contributed by atoms with Crippen molar-refractivity contribution in [2.45, 2.75) is 44.7 Å². The zero-order valence-corrected chi connectivity index (χ0v) is 13.8. The Kier molecular flexibility index (Phi) is 5.92. The fourth-order valence-corrected chi connectivity index (χ4v) is 2.93. The van der Waals surface area contributed by atoms with Crippen LogP contribution in [0.25, 0.3) is 0 Å². The second-order valence-corrected chi connectivity index (χ2v) is 6.05. The van der Waals surface area contributed by atoms with Crippen molar-refractivity contribution in [2.24, 2.45) is 0 Å². The highest BCUT2D eigenvalue weighted by atomic mass is 16.5. The van der Waals surface area contributed by atoms with Crippen LogP contribution in [0.2, 0.25) is 0 Å². The molecule has 1 aromatic carbocycles. The molecule has 0 aliphatic carbocycles. The quantitative estimate of drug-likeness (QED) is 0.237. The minimum absolute atomic E-state index is 0.160. The van der Waals surface area contributed by atoms with Crippen molar-refractivity contribution in [3.8, 4) is 0 Å². The molecule has 1 aliphatic rings. The van der Waals surface area contributed by atoms with E-state index in [4.69, 9.17) is 0 Å². The summed E-state index contributed by atoms with van der Waals surface area (Å²) in [7, 11) is 0. The van der Waals surface area contributed by atoms with Crippen LogP contribution < -0.4 is 5.32 Å². The first-order chi connectivity index (χ1) is 11.5. The Morgan fingerprint density at radius 2 is 1.96 bits per heavy atom. The number of nitrogens with zero attached hydrogens (tertiary/aromatic N) is 2. The molecule has 1 saturated heterocycles. The van der Waals surface area contributed by atoms with Gasteiger partial charge in [0.2, 0.25) is 6.41 Å². The normalized spacial score (nSPS) is 20.2. The zero-order valence-electron chi connectivity index (χ0n) is 13.8. The number of hydroxylamine groups is 2. The van der Waals surface area contributed by atoms with E-state index in [1.165, 1.54) is 0 Å². The highest BCUT2D eigenvalue weighted by Gasteiger charge is 2.51. The Morgan fingerprint density at radius 1 is 1.25 bits per heavy atom. The van der Waals surface area contributed by atoms with Crippen LogP contribution >= 0.6 is 0 Å². The molecule has 1 heterocycles. The molecule has 0 aromatic heterocycles. The summed E-state index contributed by atoms with van der Waals surface area (Å²) in [5.41, 5.74) is -0.432. The van der Waals surface area contributed by atoms with Crippen LogP contribution in [-0.4, -0.2) is 45.6 Å². The maximum absolute atomic E-state index is 12.9. The van der Waals surface area contributed by atoms with E-state index in [-0.39, 0.29) is 19.5 Å². The van der Waals surface area contributed by atoms with Crippen LogP contribution in [0.5, 0.6) is 0 Å². The topological polar surface area (TPSA) is 89.9 Å². The Balaban J connectivity index is 2.19. The van der Waals surface area contributed by atoms with E-state index >= 15 is 0 Å². The van der Waals surface area contributed by atoms with Gasteiger partial charge in [0.05, 0.1) is 13.1 Å². The largest absolute Gasteiger partial charge is 0.325 e. The van der Waals surface area contributed by atoms with Gasteiger partial charge >= 0.3 is 6.03 Å². The predicted molar refractivity (Wildman–Crippen MR) is 87.0 cm³/mol. The third kappa shape index (κ3) is 3.91. The number of imide groups is 1. The van der Waals surface area contributed by atoms with E-state index < -0.39 is 17.5 Å². The Labute approximate surface area is 141 Å². The van der Waals surface area contributed by atoms with E-state index in [0.29, 0.717) is 17.9 Å². The molecule has 0 bridgehead atoms. The summed E-state index contributed by atoms with van der Waals surface area (Å²) in [6.07, 6.45) is 3.19. The van der Waals surface area contributed by atoms with Gasteiger partial charge in [0.15, 0.2) is 0 Å². The van der Waals surface area contributed by atoms with Gasteiger partial charge in [-0.3, -0.25) is 19.7 Å². The minimum Gasteiger partial charge on any atom is -0.321 e. The molecule has 4 amide bonds. The molecule has 1 aromatic rings. The van der Waals surface area contributed by atoms with E-state index in [1.54, 1.807) is 0 Å². The summed E-state index contributed by atoms with van der Waals surface area (Å²) in [6, 6.07) is 8.70. The number of nitrogens with one attached hydrogen (secondary N) is 1. The van der Waals surface area contributed by atoms with Gasteiger partial charge in [0.1, 0.15) is 5.54 Å². The summed E-state index contributed by atoms with van der Waals surface area (Å²) in [6.45, 7) is 1.94. The summed E-state index contributed by atoms with van der Waals surface area (Å²) >= 11 is 0. The van der Waals surface area contributed by atoms with Gasteiger partial charge in [-0.1, -0.05) is 56.5 Å². The van der Waals surface area contributed by atoms with Gasteiger partial charge in [-0.2, -0.15) is 0 Å². The molecular weight excluding hydrogens is 310 g/mol. The third-order valence-electron chi connectivity index (χ3n) is 4.19. The molecule has 7 nitrogen and oxygen atoms in total. The van der Waals surface area contributed by atoms with Gasteiger partial charge in [0, 0.05) is 0 Å². The summed E-state index contributed by atoms with van der Waals surface area (Å²) in [4.78, 5) is 37.1. The number of urea groups is 1. The van der Waals surface area contributed by atoms with Gasteiger partial charge in [-0.15, -0.1) is 0 Å². The SMILES string of the molecule is CCCCC[C@@]1(CN(O)C=O)NC(=O)N(Cc2ccccc2)C1=O. The standard InChI is InChI=1S/C17H23N3O4/c1-2-3-7-10-17(12-19(24)13-21)15(22)20(16(23)18-17)11-14-8-5-4-6-9-14/h4-6,8-9,13,24H,2-3,7,10-12H2,1H3,(H,18,23)/t17-/m0/s1. The van der Waals surface area contributed by atoms with Crippen LogP contribution in [0.15, 0.2) is 30.3 Å². The molecule has 1 aliphatic heterocycles. The first-order valence-electron chi connectivity index (χ1n) is 8.11. The maximum atomic E-state index is 12.9. The van der Waals surface area contributed by atoms with Crippen molar-refractivity contribution in [2.75, 3.05) is 6.54 Å². The van der Waals surface area contributed by atoms with Crippen molar-refractivity contribution < 1.29 is 19.6 Å². The summed E-state index contributed by atoms with van der Waals surface area (Å²) < 4.78 is 0. The second-order valence-electron chi connectivity index (χ2n) is 6.05. The first-order valence-corrected chi connectivity index (χ1v) is 8.11. The number of carbonyl (C=O) groups excluding carboxylic acids is 3. The van der Waals surface area contributed by atoms with Gasteiger partial charge in [-0.05, 0) is 12.0 Å². The molecule has 2 rings (SSSR count). The molecule has 24 heavy (non-hydrogen) atoms. The zero-order chi connectivity index (χ0) is 17.6. The molecule has 1 atom stereocenters. The lowest BCUT2D eigenvalue weighted by Crippen LogP contribution is -2.54. The molecule has 130 valence electrons. The Morgan fingerprint density at radius 3 is 2.58 bits per heavy atom. The van der Waals surface area contributed by atoms with Gasteiger partial charge in [-0.25, -0.2) is 9.86 Å². The van der Waals surface area contributed by atoms with Crippen molar-refractivity contribution in [1.82, 2.24) is 15.3 Å². The fourth-order valence-electron chi connectivity index (χ4n) is 2.93. The van der Waals surface area contributed by atoms with Crippen molar-refractivity contribution >= 4 is 18.3 Å².